The lowest BCUT2D eigenvalue weighted by Crippen LogP contribution is -2.26. The van der Waals surface area contributed by atoms with Crippen molar-refractivity contribution in [3.05, 3.63) is 71.8 Å². The van der Waals surface area contributed by atoms with Crippen molar-refractivity contribution >= 4 is 28.1 Å². The quantitative estimate of drug-likeness (QED) is 0.509. The van der Waals surface area contributed by atoms with Crippen molar-refractivity contribution in [3.63, 3.8) is 0 Å². The number of benzene rings is 2. The molecule has 5 nitrogen and oxygen atoms in total. The van der Waals surface area contributed by atoms with Gasteiger partial charge in [-0.2, -0.15) is 0 Å². The molecule has 4 aromatic rings. The first-order valence-corrected chi connectivity index (χ1v) is 10.1. The van der Waals surface area contributed by atoms with E-state index in [1.165, 1.54) is 11.6 Å². The number of rotatable bonds is 3. The van der Waals surface area contributed by atoms with Crippen LogP contribution in [-0.2, 0) is 6.42 Å². The van der Waals surface area contributed by atoms with Gasteiger partial charge in [-0.1, -0.05) is 12.1 Å². The topological polar surface area (TPSA) is 53.9 Å². The van der Waals surface area contributed by atoms with Gasteiger partial charge in [-0.15, -0.1) is 0 Å². The minimum absolute atomic E-state index is 0.327. The van der Waals surface area contributed by atoms with Gasteiger partial charge in [0.05, 0.1) is 11.1 Å². The molecule has 6 heteroatoms. The average molecular weight is 399 g/mol. The van der Waals surface area contributed by atoms with Crippen LogP contribution in [0.25, 0.3) is 22.3 Å². The van der Waals surface area contributed by atoms with Gasteiger partial charge >= 0.3 is 0 Å². The lowest BCUT2D eigenvalue weighted by Gasteiger charge is -2.32. The summed E-state index contributed by atoms with van der Waals surface area (Å²) in [6.07, 6.45) is 3.85. The van der Waals surface area contributed by atoms with E-state index in [9.17, 15) is 4.39 Å². The standard InChI is InChI=1S/C24H22FN5/c1-15-17-7-5-13-30(22(17)11-12-27-15)24-19-10-9-16(26-2)14-21(19)28-23(29-24)18-6-3-4-8-20(18)25/h3-4,6,8-12,14,26H,5,7,13H2,1-2H3. The van der Waals surface area contributed by atoms with Gasteiger partial charge in [-0.3, -0.25) is 4.98 Å². The number of hydrogen-bond donors (Lipinski definition) is 1. The van der Waals surface area contributed by atoms with Gasteiger partial charge in [-0.05, 0) is 61.7 Å². The number of anilines is 3. The Morgan fingerprint density at radius 1 is 1.07 bits per heavy atom. The molecule has 5 rings (SSSR count). The van der Waals surface area contributed by atoms with Crippen LogP contribution >= 0.6 is 0 Å². The maximum Gasteiger partial charge on any atom is 0.165 e. The Balaban J connectivity index is 1.78. The van der Waals surface area contributed by atoms with Gasteiger partial charge in [0.1, 0.15) is 11.6 Å². The van der Waals surface area contributed by atoms with Crippen LogP contribution in [0.5, 0.6) is 0 Å². The van der Waals surface area contributed by atoms with Crippen LogP contribution in [0.4, 0.5) is 21.6 Å². The van der Waals surface area contributed by atoms with Gasteiger partial charge in [0.2, 0.25) is 0 Å². The number of halogens is 1. The molecule has 0 radical (unpaired) electrons. The summed E-state index contributed by atoms with van der Waals surface area (Å²) in [5, 5.41) is 4.10. The van der Waals surface area contributed by atoms with Crippen LogP contribution in [0.15, 0.2) is 54.7 Å². The Labute approximate surface area is 174 Å². The van der Waals surface area contributed by atoms with Gasteiger partial charge in [0.15, 0.2) is 5.82 Å². The molecule has 2 aromatic carbocycles. The third-order valence-corrected chi connectivity index (χ3v) is 5.68. The first kappa shape index (κ1) is 18.5. The van der Waals surface area contributed by atoms with Crippen molar-refractivity contribution in [3.8, 4) is 11.4 Å². The minimum atomic E-state index is -0.327. The molecule has 30 heavy (non-hydrogen) atoms. The third kappa shape index (κ3) is 3.05. The second-order valence-corrected chi connectivity index (χ2v) is 7.48. The molecule has 1 aliphatic rings. The first-order valence-electron chi connectivity index (χ1n) is 10.1. The van der Waals surface area contributed by atoms with Crippen molar-refractivity contribution in [2.45, 2.75) is 19.8 Å². The van der Waals surface area contributed by atoms with E-state index in [1.54, 1.807) is 18.2 Å². The second kappa shape index (κ2) is 7.37. The number of aromatic nitrogens is 3. The smallest absolute Gasteiger partial charge is 0.165 e. The summed E-state index contributed by atoms with van der Waals surface area (Å²) in [5.41, 5.74) is 5.54. The number of fused-ring (bicyclic) bond motifs is 2. The number of hydrogen-bond acceptors (Lipinski definition) is 5. The summed E-state index contributed by atoms with van der Waals surface area (Å²) in [7, 11) is 1.87. The van der Waals surface area contributed by atoms with Crippen LogP contribution in [0.1, 0.15) is 17.7 Å². The van der Waals surface area contributed by atoms with Gasteiger partial charge in [0.25, 0.3) is 0 Å². The highest BCUT2D eigenvalue weighted by atomic mass is 19.1. The predicted octanol–water partition coefficient (Wildman–Crippen LogP) is 5.27. The Morgan fingerprint density at radius 3 is 2.77 bits per heavy atom. The zero-order valence-corrected chi connectivity index (χ0v) is 17.0. The highest BCUT2D eigenvalue weighted by molar-refractivity contribution is 5.95. The minimum Gasteiger partial charge on any atom is -0.388 e. The largest absolute Gasteiger partial charge is 0.388 e. The fraction of sp³-hybridized carbons (Fsp3) is 0.208. The monoisotopic (exact) mass is 399 g/mol. The molecule has 0 saturated carbocycles. The molecule has 2 aromatic heterocycles. The summed E-state index contributed by atoms with van der Waals surface area (Å²) >= 11 is 0. The molecule has 0 saturated heterocycles. The van der Waals surface area contributed by atoms with E-state index in [0.29, 0.717) is 11.4 Å². The lowest BCUT2D eigenvalue weighted by atomic mass is 10.0. The fourth-order valence-electron chi connectivity index (χ4n) is 4.14. The number of nitrogens with one attached hydrogen (secondary N) is 1. The van der Waals surface area contributed by atoms with Crippen molar-refractivity contribution < 1.29 is 4.39 Å². The van der Waals surface area contributed by atoms with Gasteiger partial charge < -0.3 is 10.2 Å². The molecule has 150 valence electrons. The Kier molecular flexibility index (Phi) is 4.54. The van der Waals surface area contributed by atoms with Crippen molar-refractivity contribution in [1.82, 2.24) is 15.0 Å². The summed E-state index contributed by atoms with van der Waals surface area (Å²) < 4.78 is 14.6. The molecule has 3 heterocycles. The number of pyridine rings is 1. The van der Waals surface area contributed by atoms with Crippen LogP contribution in [0.2, 0.25) is 0 Å². The van der Waals surface area contributed by atoms with E-state index >= 15 is 0 Å². The van der Waals surface area contributed by atoms with Crippen LogP contribution in [0, 0.1) is 12.7 Å². The van der Waals surface area contributed by atoms with E-state index < -0.39 is 0 Å². The summed E-state index contributed by atoms with van der Waals surface area (Å²) in [5.74, 6) is 0.862. The van der Waals surface area contributed by atoms with Gasteiger partial charge in [0, 0.05) is 42.2 Å². The van der Waals surface area contributed by atoms with E-state index in [4.69, 9.17) is 9.97 Å². The molecule has 0 fully saturated rings. The number of nitrogens with zero attached hydrogens (tertiary/aromatic N) is 4. The van der Waals surface area contributed by atoms with Crippen LogP contribution < -0.4 is 10.2 Å². The highest BCUT2D eigenvalue weighted by Crippen LogP contribution is 2.38. The van der Waals surface area contributed by atoms with E-state index in [0.717, 1.165) is 53.2 Å². The summed E-state index contributed by atoms with van der Waals surface area (Å²) in [4.78, 5) is 16.3. The van der Waals surface area contributed by atoms with E-state index in [1.807, 2.05) is 44.4 Å². The highest BCUT2D eigenvalue weighted by Gasteiger charge is 2.24. The Morgan fingerprint density at radius 2 is 1.93 bits per heavy atom. The van der Waals surface area contributed by atoms with Crippen molar-refractivity contribution in [2.24, 2.45) is 0 Å². The molecule has 0 atom stereocenters. The van der Waals surface area contributed by atoms with E-state index in [2.05, 4.69) is 15.2 Å². The molecular weight excluding hydrogens is 377 g/mol. The molecule has 0 bridgehead atoms. The molecule has 0 unspecified atom stereocenters. The van der Waals surface area contributed by atoms with Crippen LogP contribution in [0.3, 0.4) is 0 Å². The molecule has 1 aliphatic heterocycles. The molecule has 0 amide bonds. The fourth-order valence-corrected chi connectivity index (χ4v) is 4.14. The maximum atomic E-state index is 14.6. The first-order chi connectivity index (χ1) is 14.7. The maximum absolute atomic E-state index is 14.6. The predicted molar refractivity (Wildman–Crippen MR) is 119 cm³/mol. The summed E-state index contributed by atoms with van der Waals surface area (Å²) in [6, 6.07) is 14.7. The van der Waals surface area contributed by atoms with Crippen molar-refractivity contribution in [1.29, 1.82) is 0 Å². The molecule has 0 spiro atoms. The van der Waals surface area contributed by atoms with E-state index in [-0.39, 0.29) is 5.82 Å². The second-order valence-electron chi connectivity index (χ2n) is 7.48. The molecular formula is C24H22FN5. The molecule has 0 aliphatic carbocycles. The lowest BCUT2D eigenvalue weighted by molar-refractivity contribution is 0.630. The van der Waals surface area contributed by atoms with Gasteiger partial charge in [-0.25, -0.2) is 14.4 Å². The van der Waals surface area contributed by atoms with Crippen LogP contribution in [-0.4, -0.2) is 28.5 Å². The zero-order chi connectivity index (χ0) is 20.7. The third-order valence-electron chi connectivity index (χ3n) is 5.68. The number of aryl methyl sites for hydroxylation is 1. The molecule has 1 N–H and O–H groups in total. The Bertz CT molecular complexity index is 1250. The normalized spacial score (nSPS) is 13.4. The summed E-state index contributed by atoms with van der Waals surface area (Å²) in [6.45, 7) is 2.89. The Hall–Kier alpha value is -3.54. The zero-order valence-electron chi connectivity index (χ0n) is 17.0. The SMILES string of the molecule is CNc1ccc2c(N3CCCc4c3ccnc4C)nc(-c3ccccc3F)nc2c1. The van der Waals surface area contributed by atoms with Crippen molar-refractivity contribution in [2.75, 3.05) is 23.8 Å². The average Bonchev–Trinajstić information content (AvgIpc) is 2.78.